The van der Waals surface area contributed by atoms with Crippen molar-refractivity contribution >= 4 is 5.91 Å². The number of amides is 1. The van der Waals surface area contributed by atoms with Gasteiger partial charge in [0.2, 0.25) is 5.91 Å². The van der Waals surface area contributed by atoms with Crippen LogP contribution in [0, 0.1) is 5.41 Å². The number of morpholine rings is 1. The van der Waals surface area contributed by atoms with Crippen LogP contribution in [0.1, 0.15) is 36.7 Å². The highest BCUT2D eigenvalue weighted by Crippen LogP contribution is 2.47. The lowest BCUT2D eigenvalue weighted by atomic mass is 10.0. The Balaban J connectivity index is 1.53. The van der Waals surface area contributed by atoms with Crippen LogP contribution in [0.25, 0.3) is 0 Å². The molecule has 1 saturated carbocycles. The van der Waals surface area contributed by atoms with Gasteiger partial charge in [-0.25, -0.2) is 0 Å². The van der Waals surface area contributed by atoms with Crippen LogP contribution in [0.5, 0.6) is 0 Å². The van der Waals surface area contributed by atoms with E-state index in [1.807, 2.05) is 11.7 Å². The van der Waals surface area contributed by atoms with Crippen LogP contribution < -0.4 is 0 Å². The molecule has 1 amide bonds. The van der Waals surface area contributed by atoms with Gasteiger partial charge in [-0.1, -0.05) is 6.92 Å². The van der Waals surface area contributed by atoms with Gasteiger partial charge in [-0.2, -0.15) is 5.10 Å². The van der Waals surface area contributed by atoms with Crippen molar-refractivity contribution < 1.29 is 9.53 Å². The lowest BCUT2D eigenvalue weighted by molar-refractivity contribution is -0.137. The third-order valence-electron chi connectivity index (χ3n) is 5.61. The molecule has 6 heteroatoms. The summed E-state index contributed by atoms with van der Waals surface area (Å²) >= 11 is 0. The summed E-state index contributed by atoms with van der Waals surface area (Å²) in [4.78, 5) is 17.1. The van der Waals surface area contributed by atoms with Crippen molar-refractivity contribution in [1.29, 1.82) is 0 Å². The molecule has 0 spiro atoms. The molecule has 0 radical (unpaired) electrons. The van der Waals surface area contributed by atoms with E-state index in [0.717, 1.165) is 70.9 Å². The van der Waals surface area contributed by atoms with E-state index in [-0.39, 0.29) is 5.41 Å². The molecule has 1 aliphatic carbocycles. The van der Waals surface area contributed by atoms with E-state index in [1.54, 1.807) is 0 Å². The Morgan fingerprint density at radius 1 is 1.26 bits per heavy atom. The first-order valence-electron chi connectivity index (χ1n) is 8.70. The number of carbonyl (C=O) groups excluding carboxylic acids is 1. The van der Waals surface area contributed by atoms with Gasteiger partial charge in [0, 0.05) is 62.9 Å². The third-order valence-corrected chi connectivity index (χ3v) is 5.61. The van der Waals surface area contributed by atoms with Gasteiger partial charge in [0.1, 0.15) is 0 Å². The van der Waals surface area contributed by atoms with Crippen molar-refractivity contribution in [3.8, 4) is 0 Å². The van der Waals surface area contributed by atoms with Crippen molar-refractivity contribution in [2.24, 2.45) is 12.5 Å². The topological polar surface area (TPSA) is 50.6 Å². The minimum atomic E-state index is -0.0793. The van der Waals surface area contributed by atoms with E-state index >= 15 is 0 Å². The molecule has 2 fully saturated rings. The number of aromatic nitrogens is 2. The molecule has 3 heterocycles. The van der Waals surface area contributed by atoms with Gasteiger partial charge in [-0.05, 0) is 12.8 Å². The first-order valence-corrected chi connectivity index (χ1v) is 8.70. The third kappa shape index (κ3) is 2.78. The summed E-state index contributed by atoms with van der Waals surface area (Å²) in [5.41, 5.74) is 3.65. The molecule has 0 aromatic carbocycles. The first kappa shape index (κ1) is 15.1. The van der Waals surface area contributed by atoms with Gasteiger partial charge in [0.15, 0.2) is 0 Å². The summed E-state index contributed by atoms with van der Waals surface area (Å²) < 4.78 is 7.45. The fourth-order valence-corrected chi connectivity index (χ4v) is 3.72. The smallest absolute Gasteiger partial charge is 0.228 e. The molecule has 126 valence electrons. The predicted octanol–water partition coefficient (Wildman–Crippen LogP) is 0.937. The van der Waals surface area contributed by atoms with E-state index in [2.05, 4.69) is 16.7 Å². The predicted molar refractivity (Wildman–Crippen MR) is 85.8 cm³/mol. The molecule has 23 heavy (non-hydrogen) atoms. The number of nitrogens with zero attached hydrogens (tertiary/aromatic N) is 4. The second-order valence-corrected chi connectivity index (χ2v) is 7.42. The van der Waals surface area contributed by atoms with Crippen molar-refractivity contribution in [1.82, 2.24) is 19.6 Å². The summed E-state index contributed by atoms with van der Waals surface area (Å²) in [6, 6.07) is 0. The van der Waals surface area contributed by atoms with Crippen LogP contribution >= 0.6 is 0 Å². The van der Waals surface area contributed by atoms with E-state index in [9.17, 15) is 4.79 Å². The van der Waals surface area contributed by atoms with E-state index < -0.39 is 0 Å². The zero-order valence-electron chi connectivity index (χ0n) is 14.2. The Kier molecular flexibility index (Phi) is 3.69. The van der Waals surface area contributed by atoms with Crippen LogP contribution in [-0.4, -0.2) is 58.3 Å². The second kappa shape index (κ2) is 5.60. The first-order chi connectivity index (χ1) is 11.1. The summed E-state index contributed by atoms with van der Waals surface area (Å²) in [7, 11) is 2.03. The van der Waals surface area contributed by atoms with Gasteiger partial charge in [-0.15, -0.1) is 0 Å². The maximum absolute atomic E-state index is 12.7. The standard InChI is InChI=1S/C17H26N4O2/c1-17(4-5-17)16(22)21-6-3-15-13(11-21)14(18-19(15)2)12-20-7-9-23-10-8-20/h3-12H2,1-2H3. The van der Waals surface area contributed by atoms with Crippen molar-refractivity contribution in [3.63, 3.8) is 0 Å². The van der Waals surface area contributed by atoms with Gasteiger partial charge in [0.25, 0.3) is 0 Å². The lowest BCUT2D eigenvalue weighted by Crippen LogP contribution is -2.40. The Labute approximate surface area is 137 Å². The largest absolute Gasteiger partial charge is 0.379 e. The van der Waals surface area contributed by atoms with Gasteiger partial charge >= 0.3 is 0 Å². The lowest BCUT2D eigenvalue weighted by Gasteiger charge is -2.31. The zero-order valence-corrected chi connectivity index (χ0v) is 14.2. The van der Waals surface area contributed by atoms with E-state index in [1.165, 1.54) is 11.3 Å². The highest BCUT2D eigenvalue weighted by atomic mass is 16.5. The van der Waals surface area contributed by atoms with E-state index in [0.29, 0.717) is 5.91 Å². The number of aryl methyl sites for hydroxylation is 1. The highest BCUT2D eigenvalue weighted by Gasteiger charge is 2.47. The number of hydrogen-bond donors (Lipinski definition) is 0. The minimum Gasteiger partial charge on any atom is -0.379 e. The highest BCUT2D eigenvalue weighted by molar-refractivity contribution is 5.85. The van der Waals surface area contributed by atoms with Crippen LogP contribution in [0.4, 0.5) is 0 Å². The molecule has 2 aliphatic heterocycles. The number of fused-ring (bicyclic) bond motifs is 1. The Morgan fingerprint density at radius 2 is 2.00 bits per heavy atom. The van der Waals surface area contributed by atoms with Crippen molar-refractivity contribution in [2.75, 3.05) is 32.8 Å². The van der Waals surface area contributed by atoms with E-state index in [4.69, 9.17) is 9.84 Å². The quantitative estimate of drug-likeness (QED) is 0.832. The summed E-state index contributed by atoms with van der Waals surface area (Å²) in [6.45, 7) is 8.07. The molecular weight excluding hydrogens is 292 g/mol. The van der Waals surface area contributed by atoms with Crippen LogP contribution in [0.2, 0.25) is 0 Å². The van der Waals surface area contributed by atoms with Crippen molar-refractivity contribution in [2.45, 2.75) is 39.3 Å². The maximum atomic E-state index is 12.7. The number of ether oxygens (including phenoxy) is 1. The Hall–Kier alpha value is -1.40. The molecule has 1 aromatic heterocycles. The molecule has 1 aromatic rings. The average Bonchev–Trinajstić information content (AvgIpc) is 3.25. The van der Waals surface area contributed by atoms with Crippen LogP contribution in [0.15, 0.2) is 0 Å². The molecule has 0 N–H and O–H groups in total. The molecule has 1 saturated heterocycles. The zero-order chi connectivity index (χ0) is 16.0. The SMILES string of the molecule is Cn1nc(CN2CCOCC2)c2c1CCN(C(=O)C1(C)CC1)C2. The fourth-order valence-electron chi connectivity index (χ4n) is 3.72. The molecule has 0 atom stereocenters. The number of hydrogen-bond acceptors (Lipinski definition) is 4. The molecule has 4 rings (SSSR count). The summed E-state index contributed by atoms with van der Waals surface area (Å²) in [5.74, 6) is 0.337. The van der Waals surface area contributed by atoms with Crippen LogP contribution in [-0.2, 0) is 36.1 Å². The molecule has 3 aliphatic rings. The minimum absolute atomic E-state index is 0.0793. The molecule has 0 unspecified atom stereocenters. The van der Waals surface area contributed by atoms with Gasteiger partial charge < -0.3 is 9.64 Å². The maximum Gasteiger partial charge on any atom is 0.228 e. The molecule has 0 bridgehead atoms. The van der Waals surface area contributed by atoms with Crippen molar-refractivity contribution in [3.05, 3.63) is 17.0 Å². The summed E-state index contributed by atoms with van der Waals surface area (Å²) in [6.07, 6.45) is 3.01. The Morgan fingerprint density at radius 3 is 2.70 bits per heavy atom. The average molecular weight is 318 g/mol. The normalized spacial score (nSPS) is 23.7. The van der Waals surface area contributed by atoms with Crippen LogP contribution in [0.3, 0.4) is 0 Å². The fraction of sp³-hybridized carbons (Fsp3) is 0.765. The Bertz CT molecular complexity index is 614. The molecule has 6 nitrogen and oxygen atoms in total. The van der Waals surface area contributed by atoms with Gasteiger partial charge in [-0.3, -0.25) is 14.4 Å². The summed E-state index contributed by atoms with van der Waals surface area (Å²) in [5, 5.41) is 4.75. The molecular formula is C17H26N4O2. The second-order valence-electron chi connectivity index (χ2n) is 7.42. The van der Waals surface area contributed by atoms with Gasteiger partial charge in [0.05, 0.1) is 18.9 Å². The number of carbonyl (C=O) groups is 1. The number of rotatable bonds is 3. The monoisotopic (exact) mass is 318 g/mol.